The summed E-state index contributed by atoms with van der Waals surface area (Å²) in [6.07, 6.45) is 5.10. The van der Waals surface area contributed by atoms with Crippen molar-refractivity contribution in [1.82, 2.24) is 5.32 Å². The summed E-state index contributed by atoms with van der Waals surface area (Å²) in [5, 5.41) is 3.83. The van der Waals surface area contributed by atoms with Gasteiger partial charge in [0.25, 0.3) is 0 Å². The zero-order valence-corrected chi connectivity index (χ0v) is 9.84. The lowest BCUT2D eigenvalue weighted by Gasteiger charge is -2.02. The van der Waals surface area contributed by atoms with Crippen LogP contribution in [0.4, 0.5) is 0 Å². The summed E-state index contributed by atoms with van der Waals surface area (Å²) in [5.74, 6) is 0.827. The normalized spacial score (nSPS) is 10.9. The second kappa shape index (κ2) is 6.49. The van der Waals surface area contributed by atoms with Crippen LogP contribution >= 0.6 is 11.6 Å². The van der Waals surface area contributed by atoms with E-state index < -0.39 is 0 Å². The van der Waals surface area contributed by atoms with Crippen LogP contribution in [-0.2, 0) is 0 Å². The molecule has 0 spiro atoms. The molecular formula is C12H16ClNO. The first-order valence-electron chi connectivity index (χ1n) is 4.92. The van der Waals surface area contributed by atoms with E-state index in [0.717, 1.165) is 29.3 Å². The van der Waals surface area contributed by atoms with Crippen molar-refractivity contribution in [2.75, 3.05) is 20.7 Å². The molecule has 0 aliphatic carbocycles. The van der Waals surface area contributed by atoms with E-state index in [-0.39, 0.29) is 0 Å². The third-order valence-electron chi connectivity index (χ3n) is 2.06. The lowest BCUT2D eigenvalue weighted by atomic mass is 10.2. The zero-order chi connectivity index (χ0) is 11.1. The lowest BCUT2D eigenvalue weighted by Crippen LogP contribution is -2.05. The molecule has 1 rings (SSSR count). The molecule has 1 aromatic carbocycles. The number of methoxy groups -OCH3 is 1. The molecule has 0 bridgehead atoms. The van der Waals surface area contributed by atoms with Gasteiger partial charge in [-0.05, 0) is 43.8 Å². The first-order valence-corrected chi connectivity index (χ1v) is 5.30. The van der Waals surface area contributed by atoms with Crippen molar-refractivity contribution in [3.05, 3.63) is 34.9 Å². The average Bonchev–Trinajstić information content (AvgIpc) is 2.26. The van der Waals surface area contributed by atoms with Gasteiger partial charge in [-0.15, -0.1) is 0 Å². The molecule has 0 fully saturated rings. The monoisotopic (exact) mass is 225 g/mol. The maximum atomic E-state index is 6.04. The first-order chi connectivity index (χ1) is 7.27. The highest BCUT2D eigenvalue weighted by molar-refractivity contribution is 6.32. The fourth-order valence-electron chi connectivity index (χ4n) is 1.21. The molecule has 0 aliphatic heterocycles. The minimum absolute atomic E-state index is 0.747. The van der Waals surface area contributed by atoms with E-state index in [1.165, 1.54) is 0 Å². The highest BCUT2D eigenvalue weighted by Crippen LogP contribution is 2.23. The molecule has 0 saturated heterocycles. The van der Waals surface area contributed by atoms with Crippen molar-refractivity contribution < 1.29 is 4.74 Å². The maximum absolute atomic E-state index is 6.04. The second-order valence-corrected chi connectivity index (χ2v) is 3.59. The Balaban J connectivity index is 2.70. The number of benzene rings is 1. The SMILES string of the molecule is CNCCC=Cc1cc(OC)ccc1Cl. The summed E-state index contributed by atoms with van der Waals surface area (Å²) < 4.78 is 5.13. The van der Waals surface area contributed by atoms with Gasteiger partial charge >= 0.3 is 0 Å². The van der Waals surface area contributed by atoms with Crippen molar-refractivity contribution in [2.45, 2.75) is 6.42 Å². The Kier molecular flexibility index (Phi) is 5.22. The Hall–Kier alpha value is -0.990. The molecule has 82 valence electrons. The van der Waals surface area contributed by atoms with Gasteiger partial charge in [-0.3, -0.25) is 0 Å². The van der Waals surface area contributed by atoms with E-state index in [1.807, 2.05) is 31.3 Å². The molecule has 1 aromatic rings. The van der Waals surface area contributed by atoms with Gasteiger partial charge in [-0.2, -0.15) is 0 Å². The van der Waals surface area contributed by atoms with Gasteiger partial charge in [0.05, 0.1) is 7.11 Å². The third kappa shape index (κ3) is 3.94. The molecule has 0 radical (unpaired) electrons. The summed E-state index contributed by atoms with van der Waals surface area (Å²) in [6, 6.07) is 5.63. The van der Waals surface area contributed by atoms with Gasteiger partial charge < -0.3 is 10.1 Å². The van der Waals surface area contributed by atoms with Crippen LogP contribution < -0.4 is 10.1 Å². The Labute approximate surface area is 95.9 Å². The number of hydrogen-bond donors (Lipinski definition) is 1. The number of nitrogens with one attached hydrogen (secondary N) is 1. The molecule has 1 N–H and O–H groups in total. The summed E-state index contributed by atoms with van der Waals surface area (Å²) in [6.45, 7) is 0.970. The predicted octanol–water partition coefficient (Wildman–Crippen LogP) is 2.97. The van der Waals surface area contributed by atoms with Crippen LogP contribution in [0.2, 0.25) is 5.02 Å². The van der Waals surface area contributed by atoms with Crippen LogP contribution in [0.25, 0.3) is 6.08 Å². The molecule has 0 aliphatic rings. The highest BCUT2D eigenvalue weighted by atomic mass is 35.5. The maximum Gasteiger partial charge on any atom is 0.119 e. The van der Waals surface area contributed by atoms with Crippen LogP contribution in [-0.4, -0.2) is 20.7 Å². The predicted molar refractivity (Wildman–Crippen MR) is 65.6 cm³/mol. The summed E-state index contributed by atoms with van der Waals surface area (Å²) in [7, 11) is 3.59. The molecule has 0 atom stereocenters. The fraction of sp³-hybridized carbons (Fsp3) is 0.333. The van der Waals surface area contributed by atoms with Crippen molar-refractivity contribution in [3.8, 4) is 5.75 Å². The van der Waals surface area contributed by atoms with E-state index in [4.69, 9.17) is 16.3 Å². The van der Waals surface area contributed by atoms with Crippen molar-refractivity contribution >= 4 is 17.7 Å². The van der Waals surface area contributed by atoms with Gasteiger partial charge in [-0.25, -0.2) is 0 Å². The third-order valence-corrected chi connectivity index (χ3v) is 2.41. The Bertz CT molecular complexity index is 336. The Morgan fingerprint density at radius 3 is 2.93 bits per heavy atom. The van der Waals surface area contributed by atoms with Gasteiger partial charge in [0, 0.05) is 5.02 Å². The van der Waals surface area contributed by atoms with Crippen molar-refractivity contribution in [3.63, 3.8) is 0 Å². The van der Waals surface area contributed by atoms with Gasteiger partial charge in [0.1, 0.15) is 5.75 Å². The minimum Gasteiger partial charge on any atom is -0.497 e. The largest absolute Gasteiger partial charge is 0.497 e. The molecule has 15 heavy (non-hydrogen) atoms. The number of rotatable bonds is 5. The molecule has 0 unspecified atom stereocenters. The topological polar surface area (TPSA) is 21.3 Å². The number of halogens is 1. The van der Waals surface area contributed by atoms with Gasteiger partial charge in [0.15, 0.2) is 0 Å². The summed E-state index contributed by atoms with van der Waals surface area (Å²) in [5.41, 5.74) is 0.993. The van der Waals surface area contributed by atoms with Crippen LogP contribution in [0.5, 0.6) is 5.75 Å². The lowest BCUT2D eigenvalue weighted by molar-refractivity contribution is 0.414. The smallest absolute Gasteiger partial charge is 0.119 e. The summed E-state index contributed by atoms with van der Waals surface area (Å²) in [4.78, 5) is 0. The molecule has 0 amide bonds. The minimum atomic E-state index is 0.747. The Morgan fingerprint density at radius 2 is 2.27 bits per heavy atom. The van der Waals surface area contributed by atoms with Gasteiger partial charge in [0.2, 0.25) is 0 Å². The summed E-state index contributed by atoms with van der Waals surface area (Å²) >= 11 is 6.04. The quantitative estimate of drug-likeness (QED) is 0.778. The standard InChI is InChI=1S/C12H16ClNO/c1-14-8-4-3-5-10-9-11(15-2)6-7-12(10)13/h3,5-7,9,14H,4,8H2,1-2H3. The van der Waals surface area contributed by atoms with Crippen LogP contribution in [0.3, 0.4) is 0 Å². The van der Waals surface area contributed by atoms with Crippen LogP contribution in [0.1, 0.15) is 12.0 Å². The zero-order valence-electron chi connectivity index (χ0n) is 9.09. The van der Waals surface area contributed by atoms with Gasteiger partial charge in [-0.1, -0.05) is 23.8 Å². The molecule has 0 aromatic heterocycles. The molecule has 3 heteroatoms. The average molecular weight is 226 g/mol. The molecule has 2 nitrogen and oxygen atoms in total. The molecule has 0 heterocycles. The van der Waals surface area contributed by atoms with E-state index in [0.29, 0.717) is 0 Å². The number of hydrogen-bond acceptors (Lipinski definition) is 2. The van der Waals surface area contributed by atoms with E-state index in [1.54, 1.807) is 7.11 Å². The Morgan fingerprint density at radius 1 is 1.47 bits per heavy atom. The van der Waals surface area contributed by atoms with Crippen molar-refractivity contribution in [2.24, 2.45) is 0 Å². The molecule has 0 saturated carbocycles. The van der Waals surface area contributed by atoms with E-state index in [9.17, 15) is 0 Å². The first kappa shape index (κ1) is 12.1. The number of ether oxygens (including phenoxy) is 1. The van der Waals surface area contributed by atoms with Crippen LogP contribution in [0.15, 0.2) is 24.3 Å². The van der Waals surface area contributed by atoms with Crippen LogP contribution in [0, 0.1) is 0 Å². The molecular weight excluding hydrogens is 210 g/mol. The van der Waals surface area contributed by atoms with E-state index in [2.05, 4.69) is 11.4 Å². The van der Waals surface area contributed by atoms with Crippen molar-refractivity contribution in [1.29, 1.82) is 0 Å². The fourth-order valence-corrected chi connectivity index (χ4v) is 1.40. The highest BCUT2D eigenvalue weighted by Gasteiger charge is 1.98. The van der Waals surface area contributed by atoms with E-state index >= 15 is 0 Å². The second-order valence-electron chi connectivity index (χ2n) is 3.18.